The smallest absolute Gasteiger partial charge is 0.243 e. The number of nitrogens with two attached hydrogens (primary N) is 1. The molecule has 9 nitrogen and oxygen atoms in total. The third-order valence-electron chi connectivity index (χ3n) is 5.68. The molecule has 1 unspecified atom stereocenters. The van der Waals surface area contributed by atoms with Crippen LogP contribution in [0.15, 0.2) is 59.8 Å². The average Bonchev–Trinajstić information content (AvgIpc) is 3.23. The number of hydrogen-bond acceptors (Lipinski definition) is 9. The lowest BCUT2D eigenvalue weighted by Gasteiger charge is -2.29. The normalized spacial score (nSPS) is 17.2. The Morgan fingerprint density at radius 3 is 2.57 bits per heavy atom. The van der Waals surface area contributed by atoms with Gasteiger partial charge in [-0.1, -0.05) is 29.6 Å². The number of sulfonamides is 1. The molecule has 0 radical (unpaired) electrons. The summed E-state index contributed by atoms with van der Waals surface area (Å²) < 4.78 is 28.0. The van der Waals surface area contributed by atoms with Crippen LogP contribution >= 0.6 is 11.3 Å². The maximum atomic E-state index is 12.8. The molecule has 4 N–H and O–H groups in total. The van der Waals surface area contributed by atoms with E-state index < -0.39 is 16.1 Å². The molecule has 1 aliphatic rings. The molecule has 1 saturated heterocycles. The number of anilines is 3. The lowest BCUT2D eigenvalue weighted by Crippen LogP contribution is -2.42. The third-order valence-corrected chi connectivity index (χ3v) is 8.40. The van der Waals surface area contributed by atoms with Gasteiger partial charge in [0.25, 0.3) is 0 Å². The highest BCUT2D eigenvalue weighted by Gasteiger charge is 2.29. The van der Waals surface area contributed by atoms with Crippen molar-refractivity contribution in [2.24, 2.45) is 0 Å². The summed E-state index contributed by atoms with van der Waals surface area (Å²) in [4.78, 5) is 13.1. The Morgan fingerprint density at radius 1 is 1.09 bits per heavy atom. The Bertz CT molecular complexity index is 1470. The van der Waals surface area contributed by atoms with Crippen LogP contribution in [0.5, 0.6) is 0 Å². The van der Waals surface area contributed by atoms with E-state index in [0.29, 0.717) is 36.2 Å². The molecule has 1 fully saturated rings. The van der Waals surface area contributed by atoms with Crippen molar-refractivity contribution in [2.75, 3.05) is 24.1 Å². The minimum Gasteiger partial charge on any atom is -0.392 e. The number of nitrogen functional groups attached to an aromatic ring is 1. The van der Waals surface area contributed by atoms with Gasteiger partial charge in [-0.25, -0.2) is 23.4 Å². The first-order valence-corrected chi connectivity index (χ1v) is 13.3. The fourth-order valence-corrected chi connectivity index (χ4v) is 6.17. The second-order valence-electron chi connectivity index (χ2n) is 8.26. The number of rotatable bonds is 6. The zero-order valence-corrected chi connectivity index (χ0v) is 20.3. The van der Waals surface area contributed by atoms with Gasteiger partial charge in [0.15, 0.2) is 5.13 Å². The van der Waals surface area contributed by atoms with E-state index in [4.69, 9.17) is 5.73 Å². The molecule has 35 heavy (non-hydrogen) atoms. The number of hydrogen-bond donors (Lipinski definition) is 3. The van der Waals surface area contributed by atoms with Gasteiger partial charge in [-0.05, 0) is 54.8 Å². The van der Waals surface area contributed by atoms with Gasteiger partial charge in [-0.2, -0.15) is 4.31 Å². The number of thiazole rings is 1. The SMILES string of the molecule is Nc1nc2ccc(/C=C/c3cnc(Nc4ccc(S(=O)(=O)N5CCCC(O)C5)cc4)nc3)cc2s1. The summed E-state index contributed by atoms with van der Waals surface area (Å²) in [6.07, 6.45) is 7.97. The van der Waals surface area contributed by atoms with E-state index in [2.05, 4.69) is 20.3 Å². The van der Waals surface area contributed by atoms with Gasteiger partial charge < -0.3 is 16.2 Å². The van der Waals surface area contributed by atoms with E-state index in [0.717, 1.165) is 21.3 Å². The van der Waals surface area contributed by atoms with Crippen LogP contribution in [-0.2, 0) is 10.0 Å². The highest BCUT2D eigenvalue weighted by Crippen LogP contribution is 2.26. The summed E-state index contributed by atoms with van der Waals surface area (Å²) in [5.74, 6) is 0.401. The van der Waals surface area contributed by atoms with Crippen molar-refractivity contribution < 1.29 is 13.5 Å². The van der Waals surface area contributed by atoms with Crippen LogP contribution in [0.4, 0.5) is 16.8 Å². The fourth-order valence-electron chi connectivity index (χ4n) is 3.87. The minimum atomic E-state index is -3.63. The highest BCUT2D eigenvalue weighted by molar-refractivity contribution is 7.89. The quantitative estimate of drug-likeness (QED) is 0.359. The molecule has 0 aliphatic carbocycles. The summed E-state index contributed by atoms with van der Waals surface area (Å²) in [5, 5.41) is 13.4. The fraction of sp³-hybridized carbons (Fsp3) is 0.208. The van der Waals surface area contributed by atoms with E-state index in [9.17, 15) is 13.5 Å². The monoisotopic (exact) mass is 508 g/mol. The van der Waals surface area contributed by atoms with Crippen molar-refractivity contribution in [1.29, 1.82) is 0 Å². The van der Waals surface area contributed by atoms with E-state index in [1.807, 2.05) is 30.4 Å². The lowest BCUT2D eigenvalue weighted by atomic mass is 10.1. The van der Waals surface area contributed by atoms with E-state index >= 15 is 0 Å². The maximum absolute atomic E-state index is 12.8. The van der Waals surface area contributed by atoms with Gasteiger partial charge in [0.2, 0.25) is 16.0 Å². The average molecular weight is 509 g/mol. The van der Waals surface area contributed by atoms with E-state index in [1.54, 1.807) is 36.7 Å². The topological polar surface area (TPSA) is 134 Å². The first-order chi connectivity index (χ1) is 16.9. The molecule has 1 atom stereocenters. The molecule has 0 saturated carbocycles. The van der Waals surface area contributed by atoms with Crippen molar-refractivity contribution in [1.82, 2.24) is 19.3 Å². The zero-order valence-electron chi connectivity index (χ0n) is 18.7. The highest BCUT2D eigenvalue weighted by atomic mass is 32.2. The van der Waals surface area contributed by atoms with E-state index in [-0.39, 0.29) is 11.4 Å². The first kappa shape index (κ1) is 23.4. The largest absolute Gasteiger partial charge is 0.392 e. The molecular formula is C24H24N6O3S2. The van der Waals surface area contributed by atoms with Crippen molar-refractivity contribution in [3.63, 3.8) is 0 Å². The Kier molecular flexibility index (Phi) is 6.48. The number of aliphatic hydroxyl groups is 1. The van der Waals surface area contributed by atoms with Gasteiger partial charge in [0, 0.05) is 36.7 Å². The first-order valence-electron chi connectivity index (χ1n) is 11.1. The molecule has 2 aromatic heterocycles. The summed E-state index contributed by atoms with van der Waals surface area (Å²) >= 11 is 1.45. The number of nitrogens with zero attached hydrogens (tertiary/aromatic N) is 4. The van der Waals surface area contributed by atoms with Gasteiger partial charge in [-0.3, -0.25) is 0 Å². The predicted molar refractivity (Wildman–Crippen MR) is 139 cm³/mol. The number of nitrogens with one attached hydrogen (secondary N) is 1. The van der Waals surface area contributed by atoms with Crippen LogP contribution < -0.4 is 11.1 Å². The molecule has 4 aromatic rings. The second kappa shape index (κ2) is 9.70. The Labute approximate surface area is 207 Å². The number of benzene rings is 2. The minimum absolute atomic E-state index is 0.130. The van der Waals surface area contributed by atoms with Gasteiger partial charge in [0.1, 0.15) is 0 Å². The number of aromatic nitrogens is 3. The maximum Gasteiger partial charge on any atom is 0.243 e. The van der Waals surface area contributed by atoms with Crippen LogP contribution in [0.3, 0.4) is 0 Å². The number of fused-ring (bicyclic) bond motifs is 1. The summed E-state index contributed by atoms with van der Waals surface area (Å²) in [5.41, 5.74) is 9.19. The predicted octanol–water partition coefficient (Wildman–Crippen LogP) is 3.73. The second-order valence-corrected chi connectivity index (χ2v) is 11.3. The van der Waals surface area contributed by atoms with E-state index in [1.165, 1.54) is 15.6 Å². The standard InChI is InChI=1S/C24H24N6O3S2/c25-23-29-21-10-5-16(12-22(21)34-23)3-4-17-13-26-24(27-14-17)28-18-6-8-20(9-7-18)35(32,33)30-11-1-2-19(31)15-30/h3-10,12-14,19,31H,1-2,11,15H2,(H2,25,29)(H,26,27,28)/b4-3+. The number of β-amino-alcohol motifs (C(OH)–C–C–N with tert-alkyl or cyclic N) is 1. The third kappa shape index (κ3) is 5.33. The molecule has 2 aromatic carbocycles. The Hall–Kier alpha value is -3.38. The number of piperidine rings is 1. The van der Waals surface area contributed by atoms with Crippen LogP contribution in [0, 0.1) is 0 Å². The van der Waals surface area contributed by atoms with Crippen molar-refractivity contribution in [3.05, 3.63) is 66.0 Å². The van der Waals surface area contributed by atoms with Crippen LogP contribution in [0.2, 0.25) is 0 Å². The zero-order chi connectivity index (χ0) is 24.4. The Balaban J connectivity index is 1.23. The molecular weight excluding hydrogens is 484 g/mol. The molecule has 3 heterocycles. The van der Waals surface area contributed by atoms with Crippen molar-refractivity contribution in [3.8, 4) is 0 Å². The van der Waals surface area contributed by atoms with Crippen LogP contribution in [0.25, 0.3) is 22.4 Å². The Morgan fingerprint density at radius 2 is 1.83 bits per heavy atom. The molecule has 0 amide bonds. The van der Waals surface area contributed by atoms with Crippen LogP contribution in [0.1, 0.15) is 24.0 Å². The summed E-state index contributed by atoms with van der Waals surface area (Å²) in [6.45, 7) is 0.550. The molecule has 180 valence electrons. The van der Waals surface area contributed by atoms with Crippen LogP contribution in [-0.4, -0.2) is 52.0 Å². The molecule has 0 bridgehead atoms. The summed E-state index contributed by atoms with van der Waals surface area (Å²) in [6, 6.07) is 12.4. The van der Waals surface area contributed by atoms with Crippen molar-refractivity contribution >= 4 is 60.5 Å². The number of aliphatic hydroxyl groups excluding tert-OH is 1. The van der Waals surface area contributed by atoms with Gasteiger partial charge >= 0.3 is 0 Å². The molecule has 1 aliphatic heterocycles. The molecule has 5 rings (SSSR count). The molecule has 0 spiro atoms. The lowest BCUT2D eigenvalue weighted by molar-refractivity contribution is 0.108. The van der Waals surface area contributed by atoms with Crippen molar-refractivity contribution in [2.45, 2.75) is 23.8 Å². The van der Waals surface area contributed by atoms with Gasteiger partial charge in [-0.15, -0.1) is 0 Å². The summed E-state index contributed by atoms with van der Waals surface area (Å²) in [7, 11) is -3.63. The van der Waals surface area contributed by atoms with Gasteiger partial charge in [0.05, 0.1) is 21.2 Å². The molecule has 11 heteroatoms.